The number of fused-ring (bicyclic) bond motifs is 1. The summed E-state index contributed by atoms with van der Waals surface area (Å²) in [5.74, 6) is 1.69. The fraction of sp³-hybridized carbons (Fsp3) is 0.217. The highest BCUT2D eigenvalue weighted by Crippen LogP contribution is 2.44. The number of nitrogens with zero attached hydrogens (tertiary/aromatic N) is 4. The average molecular weight is 356 g/mol. The number of aromatic nitrogens is 2. The third kappa shape index (κ3) is 2.78. The fourth-order valence-corrected chi connectivity index (χ4v) is 3.66. The first-order valence-corrected chi connectivity index (χ1v) is 9.19. The van der Waals surface area contributed by atoms with Crippen LogP contribution in [0.3, 0.4) is 0 Å². The average Bonchev–Trinajstić information content (AvgIpc) is 2.92. The summed E-state index contributed by atoms with van der Waals surface area (Å²) >= 11 is 0. The molecule has 4 heteroatoms. The first-order chi connectivity index (χ1) is 13.0. The van der Waals surface area contributed by atoms with Crippen LogP contribution in [0.25, 0.3) is 17.0 Å². The highest BCUT2D eigenvalue weighted by atomic mass is 15.4. The summed E-state index contributed by atoms with van der Waals surface area (Å²) in [4.78, 5) is 14.1. The topological polar surface area (TPSA) is 32.3 Å². The summed E-state index contributed by atoms with van der Waals surface area (Å²) in [6, 6.07) is 16.6. The van der Waals surface area contributed by atoms with E-state index in [-0.39, 0.29) is 6.17 Å². The number of anilines is 3. The molecule has 0 saturated carbocycles. The molecule has 1 atom stereocenters. The van der Waals surface area contributed by atoms with Crippen LogP contribution in [0.2, 0.25) is 0 Å². The molecule has 1 aliphatic heterocycles. The number of benzene rings is 2. The summed E-state index contributed by atoms with van der Waals surface area (Å²) in [6.07, 6.45) is 2.08. The fourth-order valence-electron chi connectivity index (χ4n) is 3.66. The maximum absolute atomic E-state index is 4.99. The Morgan fingerprint density at radius 1 is 1.04 bits per heavy atom. The Balaban J connectivity index is 1.90. The van der Waals surface area contributed by atoms with Crippen molar-refractivity contribution in [2.24, 2.45) is 0 Å². The van der Waals surface area contributed by atoms with Crippen molar-refractivity contribution >= 4 is 22.8 Å². The van der Waals surface area contributed by atoms with Gasteiger partial charge in [-0.2, -0.15) is 0 Å². The number of rotatable bonds is 3. The van der Waals surface area contributed by atoms with Gasteiger partial charge in [0.2, 0.25) is 0 Å². The zero-order valence-electron chi connectivity index (χ0n) is 16.3. The van der Waals surface area contributed by atoms with Crippen molar-refractivity contribution in [3.63, 3.8) is 0 Å². The third-order valence-electron chi connectivity index (χ3n) is 5.30. The molecule has 0 aliphatic carbocycles. The predicted molar refractivity (Wildman–Crippen MR) is 113 cm³/mol. The van der Waals surface area contributed by atoms with Gasteiger partial charge in [-0.1, -0.05) is 49.0 Å². The Morgan fingerprint density at radius 2 is 1.74 bits per heavy atom. The highest BCUT2D eigenvalue weighted by Gasteiger charge is 2.34. The third-order valence-corrected chi connectivity index (χ3v) is 5.30. The monoisotopic (exact) mass is 356 g/mol. The van der Waals surface area contributed by atoms with Crippen LogP contribution in [0.4, 0.5) is 17.2 Å². The van der Waals surface area contributed by atoms with E-state index in [1.807, 2.05) is 25.3 Å². The highest BCUT2D eigenvalue weighted by molar-refractivity contribution is 5.86. The molecule has 0 amide bonds. The normalized spacial score (nSPS) is 15.8. The molecule has 4 nitrogen and oxygen atoms in total. The van der Waals surface area contributed by atoms with Crippen molar-refractivity contribution in [1.29, 1.82) is 0 Å². The predicted octanol–water partition coefficient (Wildman–Crippen LogP) is 5.42. The number of para-hydroxylation sites is 1. The van der Waals surface area contributed by atoms with Crippen LogP contribution in [0.5, 0.6) is 0 Å². The molecule has 1 aliphatic rings. The minimum atomic E-state index is 0.141. The lowest BCUT2D eigenvalue weighted by Crippen LogP contribution is -2.36. The molecular weight excluding hydrogens is 332 g/mol. The molecule has 2 heterocycles. The molecule has 1 unspecified atom stereocenters. The van der Waals surface area contributed by atoms with E-state index in [2.05, 4.69) is 78.7 Å². The second-order valence-electron chi connectivity index (χ2n) is 7.13. The van der Waals surface area contributed by atoms with Gasteiger partial charge in [0, 0.05) is 18.2 Å². The Hall–Kier alpha value is -3.14. The second-order valence-corrected chi connectivity index (χ2v) is 7.13. The lowest BCUT2D eigenvalue weighted by Gasteiger charge is -2.28. The van der Waals surface area contributed by atoms with Crippen LogP contribution in [0, 0.1) is 6.92 Å². The van der Waals surface area contributed by atoms with E-state index in [1.165, 1.54) is 5.56 Å². The lowest BCUT2D eigenvalue weighted by atomic mass is 10.1. The van der Waals surface area contributed by atoms with Crippen LogP contribution in [0.15, 0.2) is 61.3 Å². The van der Waals surface area contributed by atoms with Crippen LogP contribution in [-0.4, -0.2) is 23.2 Å². The molecule has 4 rings (SSSR count). The van der Waals surface area contributed by atoms with E-state index in [0.717, 1.165) is 39.7 Å². The molecule has 1 aromatic heterocycles. The zero-order valence-corrected chi connectivity index (χ0v) is 16.3. The quantitative estimate of drug-likeness (QED) is 0.627. The van der Waals surface area contributed by atoms with Gasteiger partial charge in [-0.3, -0.25) is 0 Å². The summed E-state index contributed by atoms with van der Waals surface area (Å²) < 4.78 is 0. The van der Waals surface area contributed by atoms with Crippen molar-refractivity contribution < 1.29 is 0 Å². The minimum absolute atomic E-state index is 0.141. The largest absolute Gasteiger partial charge is 0.350 e. The van der Waals surface area contributed by atoms with E-state index < -0.39 is 0 Å². The van der Waals surface area contributed by atoms with Crippen LogP contribution >= 0.6 is 0 Å². The van der Waals surface area contributed by atoms with Gasteiger partial charge in [0.1, 0.15) is 11.9 Å². The molecule has 136 valence electrons. The van der Waals surface area contributed by atoms with Crippen molar-refractivity contribution in [3.8, 4) is 11.4 Å². The summed E-state index contributed by atoms with van der Waals surface area (Å²) in [6.45, 7) is 10.5. The van der Waals surface area contributed by atoms with Gasteiger partial charge in [-0.15, -0.1) is 0 Å². The summed E-state index contributed by atoms with van der Waals surface area (Å²) in [7, 11) is 2.09. The summed E-state index contributed by atoms with van der Waals surface area (Å²) in [5, 5.41) is 0. The number of aryl methyl sites for hydroxylation is 1. The van der Waals surface area contributed by atoms with E-state index in [4.69, 9.17) is 4.98 Å². The molecule has 0 N–H and O–H groups in total. The molecule has 0 spiro atoms. The lowest BCUT2D eigenvalue weighted by molar-refractivity contribution is 0.730. The molecule has 0 saturated heterocycles. The van der Waals surface area contributed by atoms with Crippen LogP contribution in [0.1, 0.15) is 25.0 Å². The van der Waals surface area contributed by atoms with E-state index in [1.54, 1.807) is 0 Å². The number of hydrogen-bond donors (Lipinski definition) is 0. The van der Waals surface area contributed by atoms with Crippen LogP contribution < -0.4 is 9.80 Å². The Labute approximate surface area is 160 Å². The van der Waals surface area contributed by atoms with Crippen molar-refractivity contribution in [1.82, 2.24) is 9.97 Å². The number of allylic oxidation sites excluding steroid dienone is 1. The molecule has 0 fully saturated rings. The first-order valence-electron chi connectivity index (χ1n) is 9.19. The molecule has 0 bridgehead atoms. The minimum Gasteiger partial charge on any atom is -0.350 e. The Kier molecular flexibility index (Phi) is 4.19. The van der Waals surface area contributed by atoms with Crippen molar-refractivity contribution in [2.75, 3.05) is 16.8 Å². The van der Waals surface area contributed by atoms with Gasteiger partial charge in [-0.05, 0) is 38.0 Å². The maximum atomic E-state index is 4.99. The van der Waals surface area contributed by atoms with Gasteiger partial charge >= 0.3 is 0 Å². The van der Waals surface area contributed by atoms with E-state index in [9.17, 15) is 0 Å². The standard InChI is InChI=1S/C23H24N4/c1-15(2)18-11-8-9-13-20(18)27-17(4)26(5)21-14-24-22(25-23(21)27)19-12-7-6-10-16(19)3/h6-14,17H,1H2,2-5H3. The van der Waals surface area contributed by atoms with Gasteiger partial charge < -0.3 is 9.80 Å². The van der Waals surface area contributed by atoms with Gasteiger partial charge in [0.15, 0.2) is 11.6 Å². The zero-order chi connectivity index (χ0) is 19.1. The maximum Gasteiger partial charge on any atom is 0.162 e. The van der Waals surface area contributed by atoms with Gasteiger partial charge in [-0.25, -0.2) is 9.97 Å². The number of hydrogen-bond acceptors (Lipinski definition) is 4. The Bertz CT molecular complexity index is 1020. The molecule has 2 aromatic carbocycles. The SMILES string of the molecule is C=C(C)c1ccccc1N1c2nc(-c3ccccc3C)ncc2N(C)C1C. The van der Waals surface area contributed by atoms with E-state index >= 15 is 0 Å². The Morgan fingerprint density at radius 3 is 2.48 bits per heavy atom. The van der Waals surface area contributed by atoms with Crippen molar-refractivity contribution in [3.05, 3.63) is 72.4 Å². The van der Waals surface area contributed by atoms with E-state index in [0.29, 0.717) is 0 Å². The molecule has 0 radical (unpaired) electrons. The molecular formula is C23H24N4. The summed E-state index contributed by atoms with van der Waals surface area (Å²) in [5.41, 5.74) is 6.58. The molecule has 3 aromatic rings. The molecule has 27 heavy (non-hydrogen) atoms. The smallest absolute Gasteiger partial charge is 0.162 e. The second kappa shape index (κ2) is 6.54. The van der Waals surface area contributed by atoms with Crippen LogP contribution in [-0.2, 0) is 0 Å². The van der Waals surface area contributed by atoms with Crippen molar-refractivity contribution in [2.45, 2.75) is 26.9 Å². The first kappa shape index (κ1) is 17.3. The van der Waals surface area contributed by atoms with Gasteiger partial charge in [0.05, 0.1) is 11.9 Å². The van der Waals surface area contributed by atoms with Gasteiger partial charge in [0.25, 0.3) is 0 Å².